The van der Waals surface area contributed by atoms with E-state index in [2.05, 4.69) is 142 Å². The van der Waals surface area contributed by atoms with Gasteiger partial charge in [-0.2, -0.15) is 0 Å². The normalized spacial score (nSPS) is 15.2. The molecule has 6 aromatic rings. The molecule has 84 heavy (non-hydrogen) atoms. The Balaban J connectivity index is 1.41. The lowest BCUT2D eigenvalue weighted by molar-refractivity contribution is -0.117. The van der Waals surface area contributed by atoms with Gasteiger partial charge in [-0.15, -0.1) is 0 Å². The maximum Gasteiger partial charge on any atom is 0.337 e. The van der Waals surface area contributed by atoms with E-state index in [1.54, 1.807) is 24.3 Å². The summed E-state index contributed by atoms with van der Waals surface area (Å²) < 4.78 is 24.7. The second kappa shape index (κ2) is 25.3. The Hall–Kier alpha value is -7.60. The highest BCUT2D eigenvalue weighted by Crippen LogP contribution is 2.44. The molecule has 0 aromatic heterocycles. The molecule has 4 N–H and O–H groups in total. The minimum atomic E-state index is -0.558. The van der Waals surface area contributed by atoms with Gasteiger partial charge in [0.25, 0.3) is 0 Å². The molecular formula is C72H88N2O10. The lowest BCUT2D eigenvalue weighted by Crippen LogP contribution is -2.17. The number of carbonyl (C=O) groups excluding carboxylic acids is 4. The molecule has 1 heterocycles. The van der Waals surface area contributed by atoms with Gasteiger partial charge in [0.1, 0.15) is 36.2 Å². The highest BCUT2D eigenvalue weighted by atomic mass is 16.5. The number of fused-ring (bicyclic) bond motifs is 6. The van der Waals surface area contributed by atoms with Crippen molar-refractivity contribution in [2.75, 3.05) is 24.9 Å². The summed E-state index contributed by atoms with van der Waals surface area (Å²) in [7, 11) is 2.66. The zero-order chi connectivity index (χ0) is 61.1. The van der Waals surface area contributed by atoms with Crippen molar-refractivity contribution < 1.29 is 48.3 Å². The third-order valence-corrected chi connectivity index (χ3v) is 16.2. The van der Waals surface area contributed by atoms with E-state index in [9.17, 15) is 29.4 Å². The van der Waals surface area contributed by atoms with E-state index < -0.39 is 11.9 Å². The van der Waals surface area contributed by atoms with Gasteiger partial charge in [-0.25, -0.2) is 9.59 Å². The maximum absolute atomic E-state index is 13.5. The molecule has 0 atom stereocenters. The van der Waals surface area contributed by atoms with Crippen LogP contribution in [0.25, 0.3) is 0 Å². The van der Waals surface area contributed by atoms with Crippen LogP contribution in [-0.4, -0.2) is 48.2 Å². The fraction of sp³-hybridized carbons (Fsp3) is 0.444. The molecule has 14 bridgehead atoms. The van der Waals surface area contributed by atoms with Crippen LogP contribution in [0.2, 0.25) is 0 Å². The molecule has 0 saturated heterocycles. The fourth-order valence-corrected chi connectivity index (χ4v) is 11.2. The van der Waals surface area contributed by atoms with Gasteiger partial charge in [0.15, 0.2) is 0 Å². The number of phenolic OH excluding ortho intramolecular Hbond substituents is 2. The topological polar surface area (TPSA) is 170 Å². The number of amides is 2. The van der Waals surface area contributed by atoms with Gasteiger partial charge in [0.2, 0.25) is 11.8 Å². The SMILES string of the molecule is COC(=O)c1cc2cc(c1)NC(=O)CCCCCCCCC(=O)Nc1cc(cc(C(=O)OC)c1)COc1c3cc(C(C)(C)C)cc1Cc1cc(C(C)(C)C)cc(c1O)Cc1cc(C(C)(C)C)cc(c1OC2)Cc1cc(C(C)(C)C)cc(c1O)C3. The number of hydrogen-bond donors (Lipinski definition) is 4. The second-order valence-electron chi connectivity index (χ2n) is 27.4. The Kier molecular flexibility index (Phi) is 18.8. The molecule has 12 heteroatoms. The van der Waals surface area contributed by atoms with E-state index in [-0.39, 0.29) is 108 Å². The number of benzene rings is 6. The lowest BCUT2D eigenvalue weighted by atomic mass is 9.79. The molecule has 1 aliphatic heterocycles. The molecule has 446 valence electrons. The van der Waals surface area contributed by atoms with E-state index >= 15 is 0 Å². The monoisotopic (exact) mass is 1140 g/mol. The maximum atomic E-state index is 13.5. The van der Waals surface area contributed by atoms with Crippen molar-refractivity contribution in [1.29, 1.82) is 0 Å². The number of esters is 2. The van der Waals surface area contributed by atoms with Gasteiger partial charge < -0.3 is 39.8 Å². The van der Waals surface area contributed by atoms with Gasteiger partial charge in [-0.1, -0.05) is 157 Å². The van der Waals surface area contributed by atoms with Crippen LogP contribution in [0.1, 0.15) is 233 Å². The van der Waals surface area contributed by atoms with E-state index in [0.717, 1.165) is 70.2 Å². The summed E-state index contributed by atoms with van der Waals surface area (Å²) in [6.45, 7) is 26.0. The Morgan fingerprint density at radius 2 is 0.679 bits per heavy atom. The summed E-state index contributed by atoms with van der Waals surface area (Å²) in [5.74, 6) is -0.0381. The number of carbonyl (C=O) groups is 4. The molecule has 2 amide bonds. The predicted octanol–water partition coefficient (Wildman–Crippen LogP) is 15.7. The molecule has 0 radical (unpaired) electrons. The first-order valence-corrected chi connectivity index (χ1v) is 29.8. The molecule has 0 fully saturated rings. The van der Waals surface area contributed by atoms with Crippen LogP contribution >= 0.6 is 0 Å². The molecule has 8 rings (SSSR count). The third-order valence-electron chi connectivity index (χ3n) is 16.2. The van der Waals surface area contributed by atoms with Crippen molar-refractivity contribution in [3.8, 4) is 23.0 Å². The molecule has 0 unspecified atom stereocenters. The molecule has 0 saturated carbocycles. The van der Waals surface area contributed by atoms with Crippen LogP contribution in [0.3, 0.4) is 0 Å². The number of rotatable bonds is 2. The summed E-state index contributed by atoms with van der Waals surface area (Å²) in [6, 6.07) is 27.4. The van der Waals surface area contributed by atoms with E-state index in [1.165, 1.54) is 14.2 Å². The van der Waals surface area contributed by atoms with E-state index in [0.29, 0.717) is 69.1 Å². The third kappa shape index (κ3) is 15.4. The molecular weight excluding hydrogens is 1050 g/mol. The Morgan fingerprint density at radius 1 is 0.405 bits per heavy atom. The Labute approximate surface area is 498 Å². The first-order chi connectivity index (χ1) is 39.5. The zero-order valence-electron chi connectivity index (χ0n) is 52.1. The van der Waals surface area contributed by atoms with Crippen molar-refractivity contribution in [1.82, 2.24) is 0 Å². The number of phenols is 2. The average Bonchev–Trinajstić information content (AvgIpc) is 3.59. The zero-order valence-corrected chi connectivity index (χ0v) is 52.1. The van der Waals surface area contributed by atoms with Crippen LogP contribution in [0, 0.1) is 0 Å². The largest absolute Gasteiger partial charge is 0.507 e. The fourth-order valence-electron chi connectivity index (χ4n) is 11.2. The Bertz CT molecular complexity index is 3140. The summed E-state index contributed by atoms with van der Waals surface area (Å²) >= 11 is 0. The number of nitrogens with one attached hydrogen (secondary N) is 2. The number of anilines is 2. The van der Waals surface area contributed by atoms with Crippen molar-refractivity contribution >= 4 is 35.1 Å². The van der Waals surface area contributed by atoms with Crippen LogP contribution in [-0.2, 0) is 79.6 Å². The quantitative estimate of drug-likeness (QED) is 0.122. The number of hydrogen-bond acceptors (Lipinski definition) is 10. The smallest absolute Gasteiger partial charge is 0.337 e. The van der Waals surface area contributed by atoms with Crippen molar-refractivity contribution in [2.45, 2.75) is 195 Å². The first kappa shape index (κ1) is 62.4. The molecule has 1 aliphatic carbocycles. The van der Waals surface area contributed by atoms with Crippen molar-refractivity contribution in [3.05, 3.63) is 174 Å². The summed E-state index contributed by atoms with van der Waals surface area (Å²) in [6.07, 6.45) is 6.40. The number of ether oxygens (including phenoxy) is 4. The van der Waals surface area contributed by atoms with Gasteiger partial charge in [-0.3, -0.25) is 9.59 Å². The highest BCUT2D eigenvalue weighted by Gasteiger charge is 2.29. The summed E-state index contributed by atoms with van der Waals surface area (Å²) in [4.78, 5) is 53.7. The van der Waals surface area contributed by atoms with Crippen molar-refractivity contribution in [2.24, 2.45) is 0 Å². The number of aromatic hydroxyl groups is 2. The van der Waals surface area contributed by atoms with Crippen LogP contribution < -0.4 is 20.1 Å². The highest BCUT2D eigenvalue weighted by molar-refractivity contribution is 5.96. The van der Waals surface area contributed by atoms with Crippen LogP contribution in [0.15, 0.2) is 84.9 Å². The molecule has 2 aliphatic rings. The minimum Gasteiger partial charge on any atom is -0.507 e. The van der Waals surface area contributed by atoms with E-state index in [1.807, 2.05) is 12.1 Å². The molecule has 0 spiro atoms. The van der Waals surface area contributed by atoms with E-state index in [4.69, 9.17) is 18.9 Å². The average molecular weight is 1140 g/mol. The predicted molar refractivity (Wildman–Crippen MR) is 334 cm³/mol. The second-order valence-corrected chi connectivity index (χ2v) is 27.4. The Morgan fingerprint density at radius 3 is 0.952 bits per heavy atom. The first-order valence-electron chi connectivity index (χ1n) is 29.8. The summed E-state index contributed by atoms with van der Waals surface area (Å²) in [5.41, 5.74) is 11.5. The standard InChI is InChI=1S/C72H88N2O10/c1-69(2,3)55-31-45-27-49-35-57(71(7,8)9)37-51-29-47-33-56(70(4,5)6)34-48(64(47)78)30-52-38-58(72(10,11)12)36-50(28-46(32-55)63(45)77)66(52)84-42-44-24-54(68(80)82-14)40-60(26-44)74-62(76)22-20-18-16-15-17-19-21-61(75)73-59-25-43(41-83-65(49)51)23-53(39-59)67(79)81-13/h23-26,31-40,77-78H,15-22,27-30,41-42H2,1-14H3,(H,73,75)(H,74,76). The van der Waals surface area contributed by atoms with Gasteiger partial charge in [0.05, 0.1) is 25.3 Å². The van der Waals surface area contributed by atoms with Gasteiger partial charge in [-0.05, 0) is 149 Å². The van der Waals surface area contributed by atoms with Crippen LogP contribution in [0.5, 0.6) is 23.0 Å². The van der Waals surface area contributed by atoms with Crippen LogP contribution in [0.4, 0.5) is 11.4 Å². The molecule has 12 nitrogen and oxygen atoms in total. The minimum absolute atomic E-state index is 0.00455. The summed E-state index contributed by atoms with van der Waals surface area (Å²) in [5, 5.41) is 32.0. The van der Waals surface area contributed by atoms with Crippen molar-refractivity contribution in [3.63, 3.8) is 0 Å². The number of methoxy groups -OCH3 is 2. The lowest BCUT2D eigenvalue weighted by Gasteiger charge is -2.28. The van der Waals surface area contributed by atoms with Gasteiger partial charge >= 0.3 is 11.9 Å². The molecule has 6 aromatic carbocycles. The van der Waals surface area contributed by atoms with Gasteiger partial charge in [0, 0.05) is 49.9 Å².